The minimum Gasteiger partial charge on any atom is -0.266 e. The van der Waals surface area contributed by atoms with Gasteiger partial charge in [0.15, 0.2) is 0 Å². The molecule has 2 aromatic rings. The van der Waals surface area contributed by atoms with Gasteiger partial charge in [-0.15, -0.1) is 11.3 Å². The van der Waals surface area contributed by atoms with Crippen LogP contribution in [0.15, 0.2) is 23.6 Å². The van der Waals surface area contributed by atoms with E-state index in [0.717, 1.165) is 11.4 Å². The number of carbonyl (C=O) groups is 1. The van der Waals surface area contributed by atoms with Gasteiger partial charge in [-0.2, -0.15) is 0 Å². The number of hydrogen-bond acceptors (Lipinski definition) is 5. The van der Waals surface area contributed by atoms with Crippen LogP contribution in [0.5, 0.6) is 0 Å². The summed E-state index contributed by atoms with van der Waals surface area (Å²) in [6, 6.07) is 5.45. The first kappa shape index (κ1) is 11.5. The molecule has 0 radical (unpaired) electrons. The minimum absolute atomic E-state index is 0.192. The van der Waals surface area contributed by atoms with Crippen LogP contribution in [0.1, 0.15) is 21.1 Å². The van der Waals surface area contributed by atoms with Crippen LogP contribution in [0.25, 0.3) is 0 Å². The van der Waals surface area contributed by atoms with Gasteiger partial charge in [-0.1, -0.05) is 6.07 Å². The molecule has 0 bridgehead atoms. The Balaban J connectivity index is 2.00. The Morgan fingerprint density at radius 3 is 2.59 bits per heavy atom. The first-order chi connectivity index (χ1) is 8.15. The van der Waals surface area contributed by atoms with E-state index in [1.54, 1.807) is 6.07 Å². The second kappa shape index (κ2) is 4.92. The zero-order valence-corrected chi connectivity index (χ0v) is 10.3. The number of anilines is 1. The molecule has 0 aliphatic carbocycles. The highest BCUT2D eigenvalue weighted by Gasteiger charge is 2.06. The summed E-state index contributed by atoms with van der Waals surface area (Å²) in [5, 5.41) is 1.85. The zero-order valence-electron chi connectivity index (χ0n) is 9.52. The lowest BCUT2D eigenvalue weighted by Gasteiger charge is -2.07. The van der Waals surface area contributed by atoms with Crippen molar-refractivity contribution in [1.29, 1.82) is 0 Å². The van der Waals surface area contributed by atoms with Crippen molar-refractivity contribution >= 4 is 23.2 Å². The van der Waals surface area contributed by atoms with E-state index in [2.05, 4.69) is 20.8 Å². The van der Waals surface area contributed by atoms with Crippen molar-refractivity contribution in [2.45, 2.75) is 13.8 Å². The number of rotatable bonds is 3. The lowest BCUT2D eigenvalue weighted by Crippen LogP contribution is -2.29. The molecule has 0 aliphatic heterocycles. The first-order valence-corrected chi connectivity index (χ1v) is 5.95. The van der Waals surface area contributed by atoms with Crippen molar-refractivity contribution in [3.63, 3.8) is 0 Å². The van der Waals surface area contributed by atoms with Crippen molar-refractivity contribution in [2.75, 3.05) is 5.43 Å². The van der Waals surface area contributed by atoms with Crippen LogP contribution in [0.4, 0.5) is 5.95 Å². The van der Waals surface area contributed by atoms with E-state index >= 15 is 0 Å². The average molecular weight is 248 g/mol. The largest absolute Gasteiger partial charge is 0.279 e. The van der Waals surface area contributed by atoms with Crippen molar-refractivity contribution in [1.82, 2.24) is 15.4 Å². The second-order valence-electron chi connectivity index (χ2n) is 3.53. The van der Waals surface area contributed by atoms with Gasteiger partial charge in [-0.3, -0.25) is 15.6 Å². The van der Waals surface area contributed by atoms with Gasteiger partial charge in [0.25, 0.3) is 5.91 Å². The molecule has 0 spiro atoms. The molecule has 6 heteroatoms. The third-order valence-corrected chi connectivity index (χ3v) is 2.88. The van der Waals surface area contributed by atoms with Gasteiger partial charge in [-0.05, 0) is 31.4 Å². The molecular formula is C11H12N4OS. The smallest absolute Gasteiger partial charge is 0.266 e. The summed E-state index contributed by atoms with van der Waals surface area (Å²) < 4.78 is 0. The molecule has 2 N–H and O–H groups in total. The summed E-state index contributed by atoms with van der Waals surface area (Å²) in [5.74, 6) is 0.204. The fourth-order valence-corrected chi connectivity index (χ4v) is 1.98. The maximum atomic E-state index is 11.6. The van der Waals surface area contributed by atoms with E-state index in [-0.39, 0.29) is 5.91 Å². The summed E-state index contributed by atoms with van der Waals surface area (Å²) in [5.41, 5.74) is 6.96. The normalized spacial score (nSPS) is 10.0. The van der Waals surface area contributed by atoms with Crippen molar-refractivity contribution in [2.24, 2.45) is 0 Å². The molecule has 0 saturated carbocycles. The number of thiophene rings is 1. The minimum atomic E-state index is -0.192. The summed E-state index contributed by atoms with van der Waals surface area (Å²) in [7, 11) is 0. The number of amides is 1. The number of nitrogens with zero attached hydrogens (tertiary/aromatic N) is 2. The lowest BCUT2D eigenvalue weighted by atomic mass is 10.4. The summed E-state index contributed by atoms with van der Waals surface area (Å²) in [4.78, 5) is 20.6. The van der Waals surface area contributed by atoms with E-state index < -0.39 is 0 Å². The summed E-state index contributed by atoms with van der Waals surface area (Å²) in [6.07, 6.45) is 0. The van der Waals surface area contributed by atoms with Gasteiger partial charge in [-0.25, -0.2) is 9.97 Å². The highest BCUT2D eigenvalue weighted by atomic mass is 32.1. The van der Waals surface area contributed by atoms with Crippen LogP contribution in [0, 0.1) is 13.8 Å². The molecule has 0 fully saturated rings. The number of aromatic nitrogens is 2. The molecule has 2 aromatic heterocycles. The van der Waals surface area contributed by atoms with E-state index in [4.69, 9.17) is 0 Å². The van der Waals surface area contributed by atoms with Gasteiger partial charge >= 0.3 is 0 Å². The molecule has 0 atom stereocenters. The van der Waals surface area contributed by atoms with Crippen molar-refractivity contribution in [3.05, 3.63) is 39.8 Å². The Morgan fingerprint density at radius 1 is 1.29 bits per heavy atom. The molecule has 2 heterocycles. The molecule has 17 heavy (non-hydrogen) atoms. The topological polar surface area (TPSA) is 66.9 Å². The van der Waals surface area contributed by atoms with Crippen LogP contribution in [0.2, 0.25) is 0 Å². The van der Waals surface area contributed by atoms with Gasteiger partial charge in [0.2, 0.25) is 5.95 Å². The third-order valence-electron chi connectivity index (χ3n) is 2.02. The van der Waals surface area contributed by atoms with Crippen LogP contribution >= 0.6 is 11.3 Å². The van der Waals surface area contributed by atoms with Gasteiger partial charge < -0.3 is 0 Å². The molecule has 2 rings (SSSR count). The van der Waals surface area contributed by atoms with Crippen LogP contribution in [-0.4, -0.2) is 15.9 Å². The Kier molecular flexibility index (Phi) is 3.34. The van der Waals surface area contributed by atoms with Crippen LogP contribution in [0.3, 0.4) is 0 Å². The van der Waals surface area contributed by atoms with E-state index in [1.165, 1.54) is 11.3 Å². The predicted molar refractivity (Wildman–Crippen MR) is 66.9 cm³/mol. The van der Waals surface area contributed by atoms with E-state index in [9.17, 15) is 4.79 Å². The van der Waals surface area contributed by atoms with Gasteiger partial charge in [0, 0.05) is 11.4 Å². The van der Waals surface area contributed by atoms with Crippen molar-refractivity contribution < 1.29 is 4.79 Å². The summed E-state index contributed by atoms with van der Waals surface area (Å²) >= 11 is 1.38. The number of aryl methyl sites for hydroxylation is 2. The number of hydrogen-bond donors (Lipinski definition) is 2. The standard InChI is InChI=1S/C11H12N4OS/c1-7-6-8(2)13-11(12-7)15-14-10(16)9-4-3-5-17-9/h3-6H,1-2H3,(H,14,16)(H,12,13,15). The fraction of sp³-hybridized carbons (Fsp3) is 0.182. The molecule has 0 aliphatic rings. The van der Waals surface area contributed by atoms with E-state index in [1.807, 2.05) is 31.4 Å². The Labute approximate surface area is 103 Å². The Bertz CT molecular complexity index is 504. The monoisotopic (exact) mass is 248 g/mol. The lowest BCUT2D eigenvalue weighted by molar-refractivity contribution is 0.0966. The van der Waals surface area contributed by atoms with E-state index in [0.29, 0.717) is 10.8 Å². The van der Waals surface area contributed by atoms with Gasteiger partial charge in [0.05, 0.1) is 4.88 Å². The molecular weight excluding hydrogens is 236 g/mol. The number of nitrogens with one attached hydrogen (secondary N) is 2. The predicted octanol–water partition coefficient (Wildman–Crippen LogP) is 1.91. The average Bonchev–Trinajstić information content (AvgIpc) is 2.78. The van der Waals surface area contributed by atoms with Crippen molar-refractivity contribution in [3.8, 4) is 0 Å². The van der Waals surface area contributed by atoms with Crippen LogP contribution < -0.4 is 10.9 Å². The molecule has 0 unspecified atom stereocenters. The molecule has 1 amide bonds. The maximum Gasteiger partial charge on any atom is 0.279 e. The van der Waals surface area contributed by atoms with Gasteiger partial charge in [0.1, 0.15) is 0 Å². The second-order valence-corrected chi connectivity index (χ2v) is 4.48. The zero-order chi connectivity index (χ0) is 12.3. The molecule has 5 nitrogen and oxygen atoms in total. The molecule has 0 saturated heterocycles. The fourth-order valence-electron chi connectivity index (χ4n) is 1.36. The molecule has 88 valence electrons. The number of carbonyl (C=O) groups excluding carboxylic acids is 1. The quantitative estimate of drug-likeness (QED) is 0.814. The third kappa shape index (κ3) is 3.01. The van der Waals surface area contributed by atoms with Crippen LogP contribution in [-0.2, 0) is 0 Å². The summed E-state index contributed by atoms with van der Waals surface area (Å²) in [6.45, 7) is 3.75. The maximum absolute atomic E-state index is 11.6. The SMILES string of the molecule is Cc1cc(C)nc(NNC(=O)c2cccs2)n1. The Morgan fingerprint density at radius 2 is 2.00 bits per heavy atom. The number of hydrazine groups is 1. The highest BCUT2D eigenvalue weighted by molar-refractivity contribution is 7.12. The molecule has 0 aromatic carbocycles. The highest BCUT2D eigenvalue weighted by Crippen LogP contribution is 2.08. The Hall–Kier alpha value is -1.95. The first-order valence-electron chi connectivity index (χ1n) is 5.07.